The predicted octanol–water partition coefficient (Wildman–Crippen LogP) is 14.2. The predicted molar refractivity (Wildman–Crippen MR) is 326 cm³/mol. The monoisotopic (exact) mass is 1220 g/mol. The Balaban J connectivity index is 0.00000672. The van der Waals surface area contributed by atoms with E-state index in [-0.39, 0.29) is 37.3 Å². The van der Waals surface area contributed by atoms with Gasteiger partial charge in [0, 0.05) is 46.6 Å². The number of fused-ring (bicyclic) bond motifs is 4. The van der Waals surface area contributed by atoms with Gasteiger partial charge in [-0.25, -0.2) is 4.98 Å². The van der Waals surface area contributed by atoms with Gasteiger partial charge < -0.3 is 9.30 Å². The van der Waals surface area contributed by atoms with Gasteiger partial charge in [0.25, 0.3) is 11.4 Å². The van der Waals surface area contributed by atoms with Gasteiger partial charge in [-0.1, -0.05) is 226 Å². The molecule has 2 aromatic heterocycles. The summed E-state index contributed by atoms with van der Waals surface area (Å²) in [5, 5.41) is 8.88. The second kappa shape index (κ2) is 20.1. The second-order valence-corrected chi connectivity index (χ2v) is 33.5. The molecule has 8 heteroatoms. The van der Waals surface area contributed by atoms with Gasteiger partial charge in [0.05, 0.1) is 8.07 Å². The third kappa shape index (κ3) is 9.89. The molecule has 1 aliphatic rings. The van der Waals surface area contributed by atoms with E-state index >= 15 is 0 Å². The molecule has 11 rings (SSSR count). The third-order valence-corrected chi connectivity index (χ3v) is 21.9. The van der Waals surface area contributed by atoms with Gasteiger partial charge in [-0.3, -0.25) is 0 Å². The second-order valence-electron chi connectivity index (χ2n) is 24.6. The average molecular weight is 1220 g/mol. The van der Waals surface area contributed by atoms with Crippen molar-refractivity contribution in [2.24, 2.45) is 0 Å². The molecule has 3 heterocycles. The van der Waals surface area contributed by atoms with Crippen molar-refractivity contribution in [1.82, 2.24) is 18.7 Å². The Bertz CT molecular complexity index is 3800. The fourth-order valence-corrected chi connectivity index (χ4v) is 17.3. The fraction of sp³-hybridized carbons (Fsp3) is 0.217. The van der Waals surface area contributed by atoms with Crippen molar-refractivity contribution in [1.29, 1.82) is 0 Å². The number of para-hydroxylation sites is 1. The van der Waals surface area contributed by atoms with E-state index in [4.69, 9.17) is 9.72 Å². The number of hydrogen-bond acceptors (Lipinski definition) is 2. The van der Waals surface area contributed by atoms with Crippen molar-refractivity contribution < 1.29 is 25.8 Å². The van der Waals surface area contributed by atoms with Crippen LogP contribution < -0.4 is 39.8 Å². The average Bonchev–Trinajstić information content (AvgIpc) is 4.00. The summed E-state index contributed by atoms with van der Waals surface area (Å²) in [5.74, 6) is 2.01. The molecule has 0 N–H and O–H groups in total. The number of aromatic nitrogens is 2. The number of pyridine rings is 1. The topological polar surface area (TPSA) is 33.1 Å². The van der Waals surface area contributed by atoms with Crippen LogP contribution in [0, 0.1) is 12.1 Å². The minimum absolute atomic E-state index is 0. The van der Waals surface area contributed by atoms with Crippen molar-refractivity contribution in [3.05, 3.63) is 223 Å². The minimum Gasteiger partial charge on any atom is -0.509 e. The van der Waals surface area contributed by atoms with Crippen LogP contribution in [-0.2, 0) is 37.3 Å². The quantitative estimate of drug-likeness (QED) is 0.0592. The summed E-state index contributed by atoms with van der Waals surface area (Å²) in [6.07, 6.45) is 1.93. The molecule has 0 spiro atoms. The molecule has 0 saturated heterocycles. The number of hydrogen-bond donors (Lipinski definition) is 0. The van der Waals surface area contributed by atoms with E-state index < -0.39 is 16.1 Å². The molecule has 1 aliphatic heterocycles. The van der Waals surface area contributed by atoms with Crippen LogP contribution in [0.4, 0.5) is 22.7 Å². The number of benzene rings is 8. The molecule has 0 amide bonds. The van der Waals surface area contributed by atoms with Crippen LogP contribution in [-0.4, -0.2) is 31.7 Å². The Morgan fingerprint density at radius 1 is 0.506 bits per heavy atom. The summed E-state index contributed by atoms with van der Waals surface area (Å²) in [5.41, 5.74) is 9.80. The smallest absolute Gasteiger partial charge is 0.509 e. The molecule has 77 heavy (non-hydrogen) atoms. The zero-order valence-electron chi connectivity index (χ0n) is 46.5. The van der Waals surface area contributed by atoms with E-state index in [1.165, 1.54) is 48.3 Å². The Kier molecular flexibility index (Phi) is 13.9. The van der Waals surface area contributed by atoms with E-state index in [2.05, 4.69) is 290 Å². The SMILES string of the molecule is CC(C)(C)c1cc([N+]2=C=[N+](c3[c-]c(Oc4[c-]c5c(cc4)c4cc([Si](c6ccccc6)(c6ccccc6)c6ccccc6)ccc4n5-c4cc(C(C)(C)C)ccn4)ccc3)c3cccc([Si](C)(C)C)c32)cc(C(C)(C)C)c1.[Pt+2]. The maximum Gasteiger partial charge on any atom is 2.00 e. The van der Waals surface area contributed by atoms with Crippen molar-refractivity contribution in [2.45, 2.75) is 98.2 Å². The van der Waals surface area contributed by atoms with Crippen LogP contribution in [0.15, 0.2) is 194 Å². The van der Waals surface area contributed by atoms with Crippen LogP contribution in [0.2, 0.25) is 19.6 Å². The van der Waals surface area contributed by atoms with Crippen molar-refractivity contribution in [3.8, 4) is 17.3 Å². The van der Waals surface area contributed by atoms with E-state index in [0.717, 1.165) is 44.7 Å². The first kappa shape index (κ1) is 53.4. The standard InChI is InChI=1S/C69H68N4OSi2.Pt/c1-67(2,3)48-38-39-70-65(43-48)73-61-37-35-58(76(55-26-16-13-17-27-55,56-28-18-14-19-29-56)57-30-20-15-21-31-57)46-60(61)59-36-34-54(45-63(59)73)74-53-25-22-24-51(44-53)71-47-72(66-62(71)32-23-33-64(66)75(10,11)12)52-41-49(68(4,5)6)40-50(42-52)69(7,8)9;/h13-43,46H,1-12H3;/q;+2. The summed E-state index contributed by atoms with van der Waals surface area (Å²) >= 11 is 0. The molecule has 0 radical (unpaired) electrons. The summed E-state index contributed by atoms with van der Waals surface area (Å²) in [6.45, 7) is 27.8. The summed E-state index contributed by atoms with van der Waals surface area (Å²) in [6, 6.07) is 80.4. The van der Waals surface area contributed by atoms with Crippen LogP contribution in [0.1, 0.15) is 79.0 Å². The summed E-state index contributed by atoms with van der Waals surface area (Å²) in [7, 11) is -4.69. The van der Waals surface area contributed by atoms with Gasteiger partial charge in [-0.15, -0.1) is 23.6 Å². The molecule has 8 aromatic carbocycles. The maximum atomic E-state index is 6.89. The first-order valence-electron chi connectivity index (χ1n) is 26.7. The zero-order valence-corrected chi connectivity index (χ0v) is 50.8. The van der Waals surface area contributed by atoms with E-state index in [0.29, 0.717) is 11.5 Å². The molecule has 0 fully saturated rings. The molecule has 0 atom stereocenters. The van der Waals surface area contributed by atoms with Gasteiger partial charge in [0.15, 0.2) is 8.07 Å². The normalized spacial score (nSPS) is 13.0. The van der Waals surface area contributed by atoms with Crippen LogP contribution in [0.5, 0.6) is 11.5 Å². The van der Waals surface area contributed by atoms with Crippen molar-refractivity contribution >= 4 is 92.6 Å². The molecular formula is C69H68N4OPtSi2+2. The number of ether oxygens (including phenoxy) is 1. The summed E-state index contributed by atoms with van der Waals surface area (Å²) in [4.78, 5) is 5.07. The fourth-order valence-electron chi connectivity index (χ4n) is 11.0. The van der Waals surface area contributed by atoms with Crippen LogP contribution in [0.25, 0.3) is 27.6 Å². The Morgan fingerprint density at radius 3 is 1.65 bits per heavy atom. The Hall–Kier alpha value is -6.99. The van der Waals surface area contributed by atoms with Crippen LogP contribution in [0.3, 0.4) is 0 Å². The van der Waals surface area contributed by atoms with Gasteiger partial charge in [0.2, 0.25) is 5.69 Å². The molecule has 10 aromatic rings. The molecule has 0 bridgehead atoms. The molecule has 386 valence electrons. The minimum atomic E-state index is -2.84. The first-order chi connectivity index (χ1) is 36.2. The molecule has 5 nitrogen and oxygen atoms in total. The van der Waals surface area contributed by atoms with Gasteiger partial charge >= 0.3 is 27.1 Å². The zero-order chi connectivity index (χ0) is 53.4. The number of nitrogens with zero attached hydrogens (tertiary/aromatic N) is 4. The van der Waals surface area contributed by atoms with Crippen molar-refractivity contribution in [2.75, 3.05) is 0 Å². The summed E-state index contributed by atoms with van der Waals surface area (Å²) < 4.78 is 13.6. The molecular weight excluding hydrogens is 1150 g/mol. The van der Waals surface area contributed by atoms with Crippen LogP contribution >= 0.6 is 0 Å². The maximum absolute atomic E-state index is 6.89. The molecule has 0 aliphatic carbocycles. The first-order valence-corrected chi connectivity index (χ1v) is 32.2. The van der Waals surface area contributed by atoms with E-state index in [1.807, 2.05) is 18.3 Å². The van der Waals surface area contributed by atoms with Crippen molar-refractivity contribution in [3.63, 3.8) is 0 Å². The van der Waals surface area contributed by atoms with E-state index in [9.17, 15) is 0 Å². The van der Waals surface area contributed by atoms with E-state index in [1.54, 1.807) is 0 Å². The van der Waals surface area contributed by atoms with Gasteiger partial charge in [-0.2, -0.15) is 12.1 Å². The van der Waals surface area contributed by atoms with Gasteiger partial charge in [0.1, 0.15) is 11.5 Å². The molecule has 0 unspecified atom stereocenters. The third-order valence-electron chi connectivity index (χ3n) is 15.2. The largest absolute Gasteiger partial charge is 2.00 e. The number of rotatable bonds is 10. The van der Waals surface area contributed by atoms with Gasteiger partial charge in [-0.05, 0) is 81.8 Å². The Labute approximate surface area is 472 Å². The molecule has 0 saturated carbocycles. The Morgan fingerprint density at radius 2 is 1.08 bits per heavy atom.